The van der Waals surface area contributed by atoms with Crippen molar-refractivity contribution >= 4 is 17.6 Å². The molecule has 1 rings (SSSR count). The lowest BCUT2D eigenvalue weighted by Gasteiger charge is -2.14. The number of ether oxygens (including phenoxy) is 1. The second-order valence-corrected chi connectivity index (χ2v) is 4.25. The van der Waals surface area contributed by atoms with E-state index in [0.717, 1.165) is 12.1 Å². The number of aliphatic carboxylic acids is 1. The van der Waals surface area contributed by atoms with Crippen molar-refractivity contribution in [1.82, 2.24) is 4.98 Å². The van der Waals surface area contributed by atoms with Gasteiger partial charge in [0.05, 0.1) is 7.11 Å². The first-order valence-corrected chi connectivity index (χ1v) is 6.05. The molecule has 2 N–H and O–H groups in total. The molecule has 0 saturated carbocycles. The fourth-order valence-electron chi connectivity index (χ4n) is 1.65. The van der Waals surface area contributed by atoms with Gasteiger partial charge in [-0.3, -0.25) is 4.79 Å². The van der Waals surface area contributed by atoms with Crippen LogP contribution in [0.4, 0.5) is 5.69 Å². The fourth-order valence-corrected chi connectivity index (χ4v) is 1.65. The molecule has 1 unspecified atom stereocenters. The van der Waals surface area contributed by atoms with E-state index < -0.39 is 11.9 Å². The van der Waals surface area contributed by atoms with Crippen molar-refractivity contribution in [2.24, 2.45) is 0 Å². The van der Waals surface area contributed by atoms with Crippen molar-refractivity contribution < 1.29 is 19.4 Å². The number of hydrogen-bond donors (Lipinski definition) is 2. The summed E-state index contributed by atoms with van der Waals surface area (Å²) in [5, 5.41) is 11.8. The summed E-state index contributed by atoms with van der Waals surface area (Å²) in [5.41, 5.74) is 1.00. The Balaban J connectivity index is 2.52. The lowest BCUT2D eigenvalue weighted by atomic mass is 10.1. The lowest BCUT2D eigenvalue weighted by Crippen LogP contribution is -2.16. The van der Waals surface area contributed by atoms with Crippen LogP contribution in [0.3, 0.4) is 0 Å². The van der Waals surface area contributed by atoms with E-state index in [2.05, 4.69) is 15.0 Å². The highest BCUT2D eigenvalue weighted by Gasteiger charge is 2.09. The van der Waals surface area contributed by atoms with Crippen LogP contribution in [0.15, 0.2) is 18.3 Å². The molecule has 0 radical (unpaired) electrons. The third kappa shape index (κ3) is 5.37. The molecule has 19 heavy (non-hydrogen) atoms. The fraction of sp³-hybridized carbons (Fsp3) is 0.462. The van der Waals surface area contributed by atoms with Crippen molar-refractivity contribution in [2.75, 3.05) is 12.4 Å². The second-order valence-electron chi connectivity index (χ2n) is 4.25. The van der Waals surface area contributed by atoms with Crippen LogP contribution in [0.1, 0.15) is 36.7 Å². The summed E-state index contributed by atoms with van der Waals surface area (Å²) in [7, 11) is 1.30. The second kappa shape index (κ2) is 7.35. The van der Waals surface area contributed by atoms with Crippen molar-refractivity contribution in [3.8, 4) is 0 Å². The Bertz CT molecular complexity index is 448. The number of carbonyl (C=O) groups excluding carboxylic acids is 1. The van der Waals surface area contributed by atoms with E-state index in [1.807, 2.05) is 6.92 Å². The van der Waals surface area contributed by atoms with Crippen LogP contribution in [-0.4, -0.2) is 35.2 Å². The number of methoxy groups -OCH3 is 1. The van der Waals surface area contributed by atoms with Crippen LogP contribution in [0.5, 0.6) is 0 Å². The number of pyridine rings is 1. The van der Waals surface area contributed by atoms with E-state index >= 15 is 0 Å². The Labute approximate surface area is 111 Å². The first-order valence-electron chi connectivity index (χ1n) is 6.05. The molecule has 0 spiro atoms. The third-order valence-electron chi connectivity index (χ3n) is 2.60. The number of anilines is 1. The van der Waals surface area contributed by atoms with Crippen molar-refractivity contribution in [1.29, 1.82) is 0 Å². The highest BCUT2D eigenvalue weighted by atomic mass is 16.5. The number of carboxylic acids is 1. The molecule has 104 valence electrons. The zero-order chi connectivity index (χ0) is 14.3. The summed E-state index contributed by atoms with van der Waals surface area (Å²) in [6.45, 7) is 1.96. The molecule has 6 heteroatoms. The van der Waals surface area contributed by atoms with Gasteiger partial charge in [-0.2, -0.15) is 0 Å². The van der Waals surface area contributed by atoms with Gasteiger partial charge in [-0.15, -0.1) is 0 Å². The molecule has 0 saturated heterocycles. The van der Waals surface area contributed by atoms with Crippen molar-refractivity contribution in [3.63, 3.8) is 0 Å². The van der Waals surface area contributed by atoms with Crippen molar-refractivity contribution in [2.45, 2.75) is 32.2 Å². The summed E-state index contributed by atoms with van der Waals surface area (Å²) >= 11 is 0. The van der Waals surface area contributed by atoms with Crippen LogP contribution in [-0.2, 0) is 9.53 Å². The van der Waals surface area contributed by atoms with Crippen LogP contribution < -0.4 is 5.32 Å². The van der Waals surface area contributed by atoms with E-state index in [1.165, 1.54) is 13.3 Å². The number of esters is 1. The normalized spacial score (nSPS) is 11.7. The van der Waals surface area contributed by atoms with Crippen LogP contribution >= 0.6 is 0 Å². The Morgan fingerprint density at radius 3 is 2.89 bits per heavy atom. The topological polar surface area (TPSA) is 88.5 Å². The minimum atomic E-state index is -0.788. The molecule has 6 nitrogen and oxygen atoms in total. The summed E-state index contributed by atoms with van der Waals surface area (Å²) < 4.78 is 4.59. The summed E-state index contributed by atoms with van der Waals surface area (Å²) in [6.07, 6.45) is 3.04. The Morgan fingerprint density at radius 2 is 2.26 bits per heavy atom. The van der Waals surface area contributed by atoms with Gasteiger partial charge in [0.1, 0.15) is 5.69 Å². The number of rotatable bonds is 7. The Kier molecular flexibility index (Phi) is 5.78. The van der Waals surface area contributed by atoms with Gasteiger partial charge in [-0.05, 0) is 31.9 Å². The average Bonchev–Trinajstić information content (AvgIpc) is 2.37. The molecule has 0 aliphatic rings. The summed E-state index contributed by atoms with van der Waals surface area (Å²) in [4.78, 5) is 25.6. The predicted molar refractivity (Wildman–Crippen MR) is 70.1 cm³/mol. The quantitative estimate of drug-likeness (QED) is 0.733. The van der Waals surface area contributed by atoms with Gasteiger partial charge in [-0.25, -0.2) is 9.78 Å². The molecule has 0 aliphatic heterocycles. The third-order valence-corrected chi connectivity index (χ3v) is 2.60. The van der Waals surface area contributed by atoms with Gasteiger partial charge in [0.15, 0.2) is 0 Å². The smallest absolute Gasteiger partial charge is 0.356 e. The molecule has 0 bridgehead atoms. The average molecular weight is 266 g/mol. The predicted octanol–water partition coefficient (Wildman–Crippen LogP) is 1.92. The van der Waals surface area contributed by atoms with Gasteiger partial charge in [0, 0.05) is 24.3 Å². The van der Waals surface area contributed by atoms with Gasteiger partial charge < -0.3 is 15.2 Å². The Hall–Kier alpha value is -2.11. The summed E-state index contributed by atoms with van der Waals surface area (Å²) in [6, 6.07) is 3.48. The zero-order valence-corrected chi connectivity index (χ0v) is 11.0. The first-order chi connectivity index (χ1) is 9.02. The maximum absolute atomic E-state index is 11.3. The minimum absolute atomic E-state index is 0.118. The van der Waals surface area contributed by atoms with E-state index in [9.17, 15) is 9.59 Å². The minimum Gasteiger partial charge on any atom is -0.481 e. The molecule has 0 amide bonds. The first kappa shape index (κ1) is 14.9. The molecule has 1 heterocycles. The number of hydrogen-bond acceptors (Lipinski definition) is 5. The van der Waals surface area contributed by atoms with Gasteiger partial charge in [0.25, 0.3) is 0 Å². The molecule has 1 aromatic rings. The molecule has 0 aromatic carbocycles. The largest absolute Gasteiger partial charge is 0.481 e. The molecular weight excluding hydrogens is 248 g/mol. The number of nitrogens with zero attached hydrogens (tertiary/aromatic N) is 1. The monoisotopic (exact) mass is 266 g/mol. The standard InChI is InChI=1S/C13H18N2O4/c1-9(4-3-5-12(16)17)15-10-6-7-14-11(8-10)13(18)19-2/h6-9H,3-5H2,1-2H3,(H,14,15)(H,16,17). The van der Waals surface area contributed by atoms with Gasteiger partial charge in [-0.1, -0.05) is 0 Å². The maximum Gasteiger partial charge on any atom is 0.356 e. The van der Waals surface area contributed by atoms with Crippen LogP contribution in [0.25, 0.3) is 0 Å². The highest BCUT2D eigenvalue weighted by Crippen LogP contribution is 2.12. The number of nitrogens with one attached hydrogen (secondary N) is 1. The molecule has 1 atom stereocenters. The number of carboxylic acid groups (broad SMARTS) is 1. The molecule has 0 aliphatic carbocycles. The maximum atomic E-state index is 11.3. The number of carbonyl (C=O) groups is 2. The zero-order valence-electron chi connectivity index (χ0n) is 11.0. The van der Waals surface area contributed by atoms with Gasteiger partial charge >= 0.3 is 11.9 Å². The van der Waals surface area contributed by atoms with Crippen LogP contribution in [0.2, 0.25) is 0 Å². The van der Waals surface area contributed by atoms with E-state index in [0.29, 0.717) is 6.42 Å². The number of aromatic nitrogens is 1. The van der Waals surface area contributed by atoms with Gasteiger partial charge in [0.2, 0.25) is 0 Å². The molecule has 1 aromatic heterocycles. The highest BCUT2D eigenvalue weighted by molar-refractivity contribution is 5.88. The van der Waals surface area contributed by atoms with E-state index in [1.54, 1.807) is 12.1 Å². The summed E-state index contributed by atoms with van der Waals surface area (Å²) in [5.74, 6) is -1.27. The lowest BCUT2D eigenvalue weighted by molar-refractivity contribution is -0.137. The molecular formula is C13H18N2O4. The van der Waals surface area contributed by atoms with E-state index in [-0.39, 0.29) is 18.2 Å². The SMILES string of the molecule is COC(=O)c1cc(NC(C)CCCC(=O)O)ccn1. The van der Waals surface area contributed by atoms with Crippen molar-refractivity contribution in [3.05, 3.63) is 24.0 Å². The van der Waals surface area contributed by atoms with Crippen LogP contribution in [0, 0.1) is 0 Å². The molecule has 0 fully saturated rings. The Morgan fingerprint density at radius 1 is 1.53 bits per heavy atom. The van der Waals surface area contributed by atoms with E-state index in [4.69, 9.17) is 5.11 Å².